The van der Waals surface area contributed by atoms with Crippen LogP contribution in [-0.4, -0.2) is 12.6 Å². The number of fused-ring (bicyclic) bond motifs is 1. The molecular formula is C13H23N. The summed E-state index contributed by atoms with van der Waals surface area (Å²) in [5.74, 6) is 3.12. The summed E-state index contributed by atoms with van der Waals surface area (Å²) >= 11 is 0. The van der Waals surface area contributed by atoms with Gasteiger partial charge in [0.25, 0.3) is 0 Å². The quantitative estimate of drug-likeness (QED) is 0.662. The van der Waals surface area contributed by atoms with Crippen LogP contribution >= 0.6 is 0 Å². The molecule has 2 rings (SSSR count). The van der Waals surface area contributed by atoms with Gasteiger partial charge in [-0.3, -0.25) is 0 Å². The summed E-state index contributed by atoms with van der Waals surface area (Å²) in [5.41, 5.74) is 1.33. The molecule has 2 aliphatic rings. The first-order chi connectivity index (χ1) is 6.74. The van der Waals surface area contributed by atoms with Crippen molar-refractivity contribution >= 4 is 0 Å². The highest BCUT2D eigenvalue weighted by molar-refractivity contribution is 5.09. The Morgan fingerprint density at radius 1 is 1.43 bits per heavy atom. The van der Waals surface area contributed by atoms with E-state index in [0.29, 0.717) is 0 Å². The first-order valence-electron chi connectivity index (χ1n) is 6.11. The highest BCUT2D eigenvalue weighted by Crippen LogP contribution is 2.59. The molecule has 0 amide bonds. The summed E-state index contributed by atoms with van der Waals surface area (Å²) in [7, 11) is 0. The molecule has 3 atom stereocenters. The second kappa shape index (κ2) is 4.06. The van der Waals surface area contributed by atoms with Crippen LogP contribution in [0.3, 0.4) is 0 Å². The van der Waals surface area contributed by atoms with E-state index in [-0.39, 0.29) is 0 Å². The van der Waals surface area contributed by atoms with Crippen molar-refractivity contribution in [2.45, 2.75) is 45.6 Å². The highest BCUT2D eigenvalue weighted by atomic mass is 14.9. The van der Waals surface area contributed by atoms with E-state index < -0.39 is 0 Å². The van der Waals surface area contributed by atoms with Crippen molar-refractivity contribution in [2.24, 2.45) is 17.8 Å². The summed E-state index contributed by atoms with van der Waals surface area (Å²) in [6, 6.07) is 0.729. The molecule has 3 unspecified atom stereocenters. The van der Waals surface area contributed by atoms with E-state index >= 15 is 0 Å². The Balaban J connectivity index is 1.88. The predicted octanol–water partition coefficient (Wildman–Crippen LogP) is 2.98. The van der Waals surface area contributed by atoms with Crippen LogP contribution in [0.5, 0.6) is 0 Å². The second-order valence-corrected chi connectivity index (χ2v) is 5.16. The van der Waals surface area contributed by atoms with Crippen LogP contribution in [0, 0.1) is 17.8 Å². The van der Waals surface area contributed by atoms with Gasteiger partial charge >= 0.3 is 0 Å². The lowest BCUT2D eigenvalue weighted by Crippen LogP contribution is -2.32. The smallest absolute Gasteiger partial charge is 0.0138 e. The van der Waals surface area contributed by atoms with Gasteiger partial charge in [0.2, 0.25) is 0 Å². The van der Waals surface area contributed by atoms with Crippen molar-refractivity contribution in [1.82, 2.24) is 5.32 Å². The summed E-state index contributed by atoms with van der Waals surface area (Å²) in [6.45, 7) is 9.51. The molecule has 1 nitrogen and oxygen atoms in total. The van der Waals surface area contributed by atoms with Gasteiger partial charge in [0.1, 0.15) is 0 Å². The molecule has 0 aromatic heterocycles. The third-order valence-corrected chi connectivity index (χ3v) is 3.97. The molecule has 2 fully saturated rings. The first-order valence-corrected chi connectivity index (χ1v) is 6.11. The molecule has 1 heteroatoms. The van der Waals surface area contributed by atoms with Crippen molar-refractivity contribution in [3.63, 3.8) is 0 Å². The molecule has 14 heavy (non-hydrogen) atoms. The zero-order valence-corrected chi connectivity index (χ0v) is 9.55. The Labute approximate surface area is 88.0 Å². The average Bonchev–Trinajstić information content (AvgIpc) is 2.58. The molecule has 2 saturated carbocycles. The predicted molar refractivity (Wildman–Crippen MR) is 61.2 cm³/mol. The van der Waals surface area contributed by atoms with Gasteiger partial charge in [0.05, 0.1) is 0 Å². The molecule has 0 heterocycles. The minimum atomic E-state index is 0.729. The van der Waals surface area contributed by atoms with Crippen LogP contribution in [-0.2, 0) is 0 Å². The molecular weight excluding hydrogens is 170 g/mol. The molecule has 0 radical (unpaired) electrons. The molecule has 80 valence electrons. The van der Waals surface area contributed by atoms with Gasteiger partial charge in [-0.2, -0.15) is 0 Å². The van der Waals surface area contributed by atoms with E-state index in [0.717, 1.165) is 30.3 Å². The maximum absolute atomic E-state index is 4.04. The fraction of sp³-hybridized carbons (Fsp3) is 0.846. The van der Waals surface area contributed by atoms with E-state index in [4.69, 9.17) is 0 Å². The topological polar surface area (TPSA) is 12.0 Å². The van der Waals surface area contributed by atoms with Crippen molar-refractivity contribution < 1.29 is 0 Å². The number of nitrogens with one attached hydrogen (secondary N) is 1. The van der Waals surface area contributed by atoms with Gasteiger partial charge in [-0.1, -0.05) is 18.9 Å². The lowest BCUT2D eigenvalue weighted by molar-refractivity contribution is 0.410. The average molecular weight is 193 g/mol. The number of hydrogen-bond donors (Lipinski definition) is 1. The normalized spacial score (nSPS) is 36.6. The molecule has 2 aliphatic carbocycles. The van der Waals surface area contributed by atoms with Crippen molar-refractivity contribution in [3.05, 3.63) is 12.2 Å². The fourth-order valence-electron chi connectivity index (χ4n) is 3.46. The Morgan fingerprint density at radius 2 is 2.07 bits per heavy atom. The number of rotatable bonds is 5. The lowest BCUT2D eigenvalue weighted by atomic mass is 9.98. The zero-order chi connectivity index (χ0) is 10.1. The van der Waals surface area contributed by atoms with Gasteiger partial charge in [-0.05, 0) is 50.5 Å². The zero-order valence-electron chi connectivity index (χ0n) is 9.55. The largest absolute Gasteiger partial charge is 0.314 e. The molecule has 0 aromatic carbocycles. The van der Waals surface area contributed by atoms with Crippen LogP contribution in [0.15, 0.2) is 12.2 Å². The lowest BCUT2D eigenvalue weighted by Gasteiger charge is -2.19. The third kappa shape index (κ3) is 1.88. The van der Waals surface area contributed by atoms with E-state index in [1.54, 1.807) is 0 Å². The standard InChI is InChI=1S/C13H23N/c1-4-14-12(8-9(2)3)13-10-6-5-7-11(10)13/h10-14H,2,4-8H2,1,3H3. The van der Waals surface area contributed by atoms with Gasteiger partial charge < -0.3 is 5.32 Å². The maximum Gasteiger partial charge on any atom is 0.0138 e. The van der Waals surface area contributed by atoms with Crippen LogP contribution in [0.1, 0.15) is 39.5 Å². The number of hydrogen-bond acceptors (Lipinski definition) is 1. The van der Waals surface area contributed by atoms with Gasteiger partial charge in [0, 0.05) is 6.04 Å². The Hall–Kier alpha value is -0.300. The van der Waals surface area contributed by atoms with Crippen molar-refractivity contribution in [1.29, 1.82) is 0 Å². The van der Waals surface area contributed by atoms with E-state index in [9.17, 15) is 0 Å². The third-order valence-electron chi connectivity index (χ3n) is 3.97. The summed E-state index contributed by atoms with van der Waals surface area (Å²) in [4.78, 5) is 0. The van der Waals surface area contributed by atoms with Crippen LogP contribution in [0.2, 0.25) is 0 Å². The molecule has 0 saturated heterocycles. The van der Waals surface area contributed by atoms with Crippen LogP contribution in [0.4, 0.5) is 0 Å². The van der Waals surface area contributed by atoms with Gasteiger partial charge in [-0.25, -0.2) is 0 Å². The molecule has 0 aromatic rings. The SMILES string of the molecule is C=C(C)CC(NCC)C1C2CCCC21. The van der Waals surface area contributed by atoms with E-state index in [1.807, 2.05) is 0 Å². The molecule has 0 aliphatic heterocycles. The van der Waals surface area contributed by atoms with Crippen LogP contribution < -0.4 is 5.32 Å². The van der Waals surface area contributed by atoms with Crippen LogP contribution in [0.25, 0.3) is 0 Å². The Kier molecular flexibility index (Phi) is 2.96. The molecule has 0 bridgehead atoms. The summed E-state index contributed by atoms with van der Waals surface area (Å²) < 4.78 is 0. The van der Waals surface area contributed by atoms with Crippen molar-refractivity contribution in [3.8, 4) is 0 Å². The molecule has 0 spiro atoms. The van der Waals surface area contributed by atoms with Crippen molar-refractivity contribution in [2.75, 3.05) is 6.54 Å². The minimum absolute atomic E-state index is 0.729. The highest BCUT2D eigenvalue weighted by Gasteiger charge is 2.55. The molecule has 1 N–H and O–H groups in total. The van der Waals surface area contributed by atoms with Gasteiger partial charge in [-0.15, -0.1) is 6.58 Å². The maximum atomic E-state index is 4.04. The first kappa shape index (κ1) is 10.2. The van der Waals surface area contributed by atoms with E-state index in [1.165, 1.54) is 31.3 Å². The summed E-state index contributed by atoms with van der Waals surface area (Å²) in [5, 5.41) is 3.64. The Morgan fingerprint density at radius 3 is 2.57 bits per heavy atom. The minimum Gasteiger partial charge on any atom is -0.314 e. The monoisotopic (exact) mass is 193 g/mol. The summed E-state index contributed by atoms with van der Waals surface area (Å²) in [6.07, 6.45) is 5.66. The Bertz CT molecular complexity index is 211. The second-order valence-electron chi connectivity index (χ2n) is 5.16. The van der Waals surface area contributed by atoms with E-state index in [2.05, 4.69) is 25.7 Å². The fourth-order valence-corrected chi connectivity index (χ4v) is 3.46. The van der Waals surface area contributed by atoms with Gasteiger partial charge in [0.15, 0.2) is 0 Å².